The molecular weight excluding hydrogens is 250 g/mol. The Morgan fingerprint density at radius 2 is 1.83 bits per heavy atom. The number of rotatable bonds is 5. The SMILES string of the molecule is COc1cc(C)c(S(=O)(=O)NCC(C)C)cc1C. The van der Waals surface area contributed by atoms with Crippen molar-refractivity contribution >= 4 is 10.0 Å². The summed E-state index contributed by atoms with van der Waals surface area (Å²) in [5, 5.41) is 0. The van der Waals surface area contributed by atoms with Crippen LogP contribution < -0.4 is 9.46 Å². The molecule has 0 bridgehead atoms. The van der Waals surface area contributed by atoms with Gasteiger partial charge < -0.3 is 4.74 Å². The zero-order valence-corrected chi connectivity index (χ0v) is 12.4. The third-order valence-corrected chi connectivity index (χ3v) is 4.23. The van der Waals surface area contributed by atoms with Crippen molar-refractivity contribution in [1.82, 2.24) is 4.72 Å². The van der Waals surface area contributed by atoms with Crippen molar-refractivity contribution in [2.75, 3.05) is 13.7 Å². The molecule has 0 unspecified atom stereocenters. The molecule has 102 valence electrons. The van der Waals surface area contributed by atoms with Gasteiger partial charge in [-0.25, -0.2) is 13.1 Å². The van der Waals surface area contributed by atoms with Crippen molar-refractivity contribution in [3.05, 3.63) is 23.3 Å². The van der Waals surface area contributed by atoms with Gasteiger partial charge in [0.25, 0.3) is 0 Å². The number of hydrogen-bond donors (Lipinski definition) is 1. The summed E-state index contributed by atoms with van der Waals surface area (Å²) >= 11 is 0. The molecule has 5 heteroatoms. The normalized spacial score (nSPS) is 11.9. The molecule has 0 saturated heterocycles. The van der Waals surface area contributed by atoms with E-state index in [0.29, 0.717) is 22.8 Å². The summed E-state index contributed by atoms with van der Waals surface area (Å²) < 4.78 is 32.1. The van der Waals surface area contributed by atoms with Crippen LogP contribution in [0.15, 0.2) is 17.0 Å². The highest BCUT2D eigenvalue weighted by Crippen LogP contribution is 2.25. The number of nitrogens with one attached hydrogen (secondary N) is 1. The number of sulfonamides is 1. The lowest BCUT2D eigenvalue weighted by atomic mass is 10.1. The van der Waals surface area contributed by atoms with Crippen LogP contribution in [-0.2, 0) is 10.0 Å². The van der Waals surface area contributed by atoms with Crippen LogP contribution >= 0.6 is 0 Å². The lowest BCUT2D eigenvalue weighted by Gasteiger charge is -2.13. The molecule has 0 fully saturated rings. The highest BCUT2D eigenvalue weighted by molar-refractivity contribution is 7.89. The summed E-state index contributed by atoms with van der Waals surface area (Å²) in [6.07, 6.45) is 0. The van der Waals surface area contributed by atoms with E-state index in [1.54, 1.807) is 26.2 Å². The van der Waals surface area contributed by atoms with E-state index in [0.717, 1.165) is 5.56 Å². The predicted molar refractivity (Wildman–Crippen MR) is 72.5 cm³/mol. The van der Waals surface area contributed by atoms with Gasteiger partial charge in [0, 0.05) is 6.54 Å². The van der Waals surface area contributed by atoms with E-state index >= 15 is 0 Å². The van der Waals surface area contributed by atoms with E-state index < -0.39 is 10.0 Å². The van der Waals surface area contributed by atoms with Gasteiger partial charge in [0.05, 0.1) is 12.0 Å². The minimum Gasteiger partial charge on any atom is -0.496 e. The van der Waals surface area contributed by atoms with Crippen molar-refractivity contribution in [3.63, 3.8) is 0 Å². The Morgan fingerprint density at radius 1 is 1.22 bits per heavy atom. The molecular formula is C13H21NO3S. The quantitative estimate of drug-likeness (QED) is 0.893. The first-order chi connectivity index (χ1) is 8.27. The first-order valence-corrected chi connectivity index (χ1v) is 7.41. The maximum atomic E-state index is 12.2. The highest BCUT2D eigenvalue weighted by atomic mass is 32.2. The molecule has 1 rings (SSSR count). The average Bonchev–Trinajstić information content (AvgIpc) is 2.29. The van der Waals surface area contributed by atoms with Gasteiger partial charge in [0.2, 0.25) is 10.0 Å². The Balaban J connectivity index is 3.13. The van der Waals surface area contributed by atoms with Crippen LogP contribution in [0.5, 0.6) is 5.75 Å². The lowest BCUT2D eigenvalue weighted by Crippen LogP contribution is -2.28. The van der Waals surface area contributed by atoms with Crippen molar-refractivity contribution in [3.8, 4) is 5.75 Å². The number of hydrogen-bond acceptors (Lipinski definition) is 3. The minimum atomic E-state index is -3.44. The molecule has 0 radical (unpaired) electrons. The molecule has 1 aromatic rings. The molecule has 0 aliphatic rings. The summed E-state index contributed by atoms with van der Waals surface area (Å²) in [6, 6.07) is 3.40. The van der Waals surface area contributed by atoms with Crippen molar-refractivity contribution in [1.29, 1.82) is 0 Å². The first kappa shape index (κ1) is 15.0. The van der Waals surface area contributed by atoms with E-state index in [1.807, 2.05) is 20.8 Å². The van der Waals surface area contributed by atoms with E-state index in [9.17, 15) is 8.42 Å². The van der Waals surface area contributed by atoms with E-state index in [2.05, 4.69) is 4.72 Å². The third-order valence-electron chi connectivity index (χ3n) is 2.66. The molecule has 0 heterocycles. The van der Waals surface area contributed by atoms with Gasteiger partial charge in [0.1, 0.15) is 5.75 Å². The number of benzene rings is 1. The van der Waals surface area contributed by atoms with Crippen LogP contribution in [0.3, 0.4) is 0 Å². The monoisotopic (exact) mass is 271 g/mol. The topological polar surface area (TPSA) is 55.4 Å². The summed E-state index contributed by atoms with van der Waals surface area (Å²) in [6.45, 7) is 7.97. The Labute approximate surface area is 109 Å². The van der Waals surface area contributed by atoms with E-state index in [-0.39, 0.29) is 5.92 Å². The number of methoxy groups -OCH3 is 1. The average molecular weight is 271 g/mol. The Bertz CT molecular complexity index is 521. The summed E-state index contributed by atoms with van der Waals surface area (Å²) in [7, 11) is -1.86. The second-order valence-electron chi connectivity index (χ2n) is 4.83. The molecule has 0 spiro atoms. The molecule has 0 saturated carbocycles. The number of ether oxygens (including phenoxy) is 1. The fourth-order valence-corrected chi connectivity index (χ4v) is 3.15. The zero-order chi connectivity index (χ0) is 13.9. The minimum absolute atomic E-state index is 0.277. The smallest absolute Gasteiger partial charge is 0.240 e. The van der Waals surface area contributed by atoms with Crippen LogP contribution in [0.25, 0.3) is 0 Å². The summed E-state index contributed by atoms with van der Waals surface area (Å²) in [5.41, 5.74) is 1.50. The highest BCUT2D eigenvalue weighted by Gasteiger charge is 2.18. The van der Waals surface area contributed by atoms with Crippen LogP contribution in [0.4, 0.5) is 0 Å². The largest absolute Gasteiger partial charge is 0.496 e. The number of aryl methyl sites for hydroxylation is 2. The molecule has 0 aliphatic heterocycles. The van der Waals surface area contributed by atoms with Crippen LogP contribution in [0, 0.1) is 19.8 Å². The van der Waals surface area contributed by atoms with Crippen molar-refractivity contribution in [2.24, 2.45) is 5.92 Å². The van der Waals surface area contributed by atoms with Gasteiger partial charge >= 0.3 is 0 Å². The van der Waals surface area contributed by atoms with Crippen LogP contribution in [0.2, 0.25) is 0 Å². The second kappa shape index (κ2) is 5.71. The molecule has 0 aromatic heterocycles. The third kappa shape index (κ3) is 3.46. The van der Waals surface area contributed by atoms with Gasteiger partial charge in [-0.1, -0.05) is 13.8 Å². The van der Waals surface area contributed by atoms with Crippen molar-refractivity contribution in [2.45, 2.75) is 32.6 Å². The molecule has 1 N–H and O–H groups in total. The molecule has 0 aliphatic carbocycles. The van der Waals surface area contributed by atoms with E-state index in [4.69, 9.17) is 4.74 Å². The zero-order valence-electron chi connectivity index (χ0n) is 11.6. The van der Waals surface area contributed by atoms with Gasteiger partial charge in [-0.2, -0.15) is 0 Å². The Kier molecular flexibility index (Phi) is 4.76. The molecule has 0 atom stereocenters. The molecule has 1 aromatic carbocycles. The fraction of sp³-hybridized carbons (Fsp3) is 0.538. The maximum absolute atomic E-state index is 12.2. The first-order valence-electron chi connectivity index (χ1n) is 5.93. The lowest BCUT2D eigenvalue weighted by molar-refractivity contribution is 0.411. The van der Waals surface area contributed by atoms with Crippen LogP contribution in [0.1, 0.15) is 25.0 Å². The Hall–Kier alpha value is -1.07. The van der Waals surface area contributed by atoms with Gasteiger partial charge in [0.15, 0.2) is 0 Å². The predicted octanol–water partition coefficient (Wildman–Crippen LogP) is 2.25. The second-order valence-corrected chi connectivity index (χ2v) is 6.57. The summed E-state index contributed by atoms with van der Waals surface area (Å²) in [4.78, 5) is 0.321. The molecule has 4 nitrogen and oxygen atoms in total. The van der Waals surface area contributed by atoms with Gasteiger partial charge in [-0.05, 0) is 43.0 Å². The van der Waals surface area contributed by atoms with Crippen molar-refractivity contribution < 1.29 is 13.2 Å². The summed E-state index contributed by atoms with van der Waals surface area (Å²) in [5.74, 6) is 0.981. The van der Waals surface area contributed by atoms with Gasteiger partial charge in [-0.15, -0.1) is 0 Å². The molecule has 18 heavy (non-hydrogen) atoms. The molecule has 0 amide bonds. The standard InChI is InChI=1S/C13H21NO3S/c1-9(2)8-14-18(15,16)13-7-10(3)12(17-5)6-11(13)4/h6-7,9,14H,8H2,1-5H3. The van der Waals surface area contributed by atoms with Crippen LogP contribution in [-0.4, -0.2) is 22.1 Å². The van der Waals surface area contributed by atoms with E-state index in [1.165, 1.54) is 0 Å². The maximum Gasteiger partial charge on any atom is 0.240 e. The fourth-order valence-electron chi connectivity index (χ4n) is 1.63. The van der Waals surface area contributed by atoms with Gasteiger partial charge in [-0.3, -0.25) is 0 Å². The Morgan fingerprint density at radius 3 is 2.33 bits per heavy atom.